The molecule has 2 aromatic rings. The van der Waals surface area contributed by atoms with Crippen molar-refractivity contribution in [3.8, 4) is 6.07 Å². The SMILES string of the molecule is CSc1ccc(S(=O)(=O)N(C)CC(=O)Nc2ccc(CC#N)cc2)cc1. The van der Waals surface area contributed by atoms with E-state index in [9.17, 15) is 13.2 Å². The summed E-state index contributed by atoms with van der Waals surface area (Å²) in [6, 6.07) is 15.4. The monoisotopic (exact) mass is 389 g/mol. The first-order chi connectivity index (χ1) is 12.4. The first kappa shape index (κ1) is 20.0. The number of benzene rings is 2. The number of nitrogens with one attached hydrogen (secondary N) is 1. The Hall–Kier alpha value is -2.34. The summed E-state index contributed by atoms with van der Waals surface area (Å²) in [7, 11) is -2.37. The third-order valence-electron chi connectivity index (χ3n) is 3.65. The second-order valence-corrected chi connectivity index (χ2v) is 8.44. The molecule has 0 spiro atoms. The molecule has 1 N–H and O–H groups in total. The number of nitriles is 1. The van der Waals surface area contributed by atoms with Crippen molar-refractivity contribution in [1.29, 1.82) is 5.26 Å². The largest absolute Gasteiger partial charge is 0.325 e. The van der Waals surface area contributed by atoms with Crippen molar-refractivity contribution in [1.82, 2.24) is 4.31 Å². The van der Waals surface area contributed by atoms with Gasteiger partial charge < -0.3 is 5.32 Å². The summed E-state index contributed by atoms with van der Waals surface area (Å²) in [5.74, 6) is -0.440. The molecule has 2 rings (SSSR count). The van der Waals surface area contributed by atoms with E-state index in [1.165, 1.54) is 30.9 Å². The lowest BCUT2D eigenvalue weighted by Gasteiger charge is -2.17. The number of likely N-dealkylation sites (N-methyl/N-ethyl adjacent to an activating group) is 1. The maximum atomic E-state index is 12.5. The number of rotatable bonds is 7. The summed E-state index contributed by atoms with van der Waals surface area (Å²) in [5, 5.41) is 11.3. The lowest BCUT2D eigenvalue weighted by molar-refractivity contribution is -0.116. The molecule has 0 unspecified atom stereocenters. The molecule has 1 amide bonds. The number of nitrogens with zero attached hydrogens (tertiary/aromatic N) is 2. The van der Waals surface area contributed by atoms with E-state index in [4.69, 9.17) is 5.26 Å². The molecule has 0 aliphatic carbocycles. The van der Waals surface area contributed by atoms with Crippen LogP contribution in [-0.2, 0) is 21.2 Å². The Balaban J connectivity index is 2.01. The zero-order chi connectivity index (χ0) is 19.2. The van der Waals surface area contributed by atoms with E-state index < -0.39 is 15.9 Å². The van der Waals surface area contributed by atoms with Gasteiger partial charge in [0.25, 0.3) is 0 Å². The van der Waals surface area contributed by atoms with E-state index in [2.05, 4.69) is 5.32 Å². The van der Waals surface area contributed by atoms with E-state index in [1.807, 2.05) is 12.3 Å². The maximum Gasteiger partial charge on any atom is 0.243 e. The van der Waals surface area contributed by atoms with Crippen LogP contribution in [0.3, 0.4) is 0 Å². The fraction of sp³-hybridized carbons (Fsp3) is 0.222. The molecule has 0 saturated heterocycles. The zero-order valence-electron chi connectivity index (χ0n) is 14.5. The average Bonchev–Trinajstić information content (AvgIpc) is 2.63. The van der Waals surface area contributed by atoms with Gasteiger partial charge in [-0.05, 0) is 48.2 Å². The maximum absolute atomic E-state index is 12.5. The third kappa shape index (κ3) is 5.08. The van der Waals surface area contributed by atoms with Crippen LogP contribution in [0, 0.1) is 11.3 Å². The van der Waals surface area contributed by atoms with Gasteiger partial charge in [0.1, 0.15) is 0 Å². The first-order valence-electron chi connectivity index (χ1n) is 7.73. The molecule has 0 bridgehead atoms. The van der Waals surface area contributed by atoms with Crippen LogP contribution < -0.4 is 5.32 Å². The topological polar surface area (TPSA) is 90.3 Å². The minimum Gasteiger partial charge on any atom is -0.325 e. The van der Waals surface area contributed by atoms with Gasteiger partial charge in [-0.25, -0.2) is 8.42 Å². The van der Waals surface area contributed by atoms with Crippen molar-refractivity contribution in [3.63, 3.8) is 0 Å². The molecule has 2 aromatic carbocycles. The highest BCUT2D eigenvalue weighted by molar-refractivity contribution is 7.98. The van der Waals surface area contributed by atoms with Crippen molar-refractivity contribution >= 4 is 33.4 Å². The van der Waals surface area contributed by atoms with E-state index >= 15 is 0 Å². The first-order valence-corrected chi connectivity index (χ1v) is 10.4. The van der Waals surface area contributed by atoms with Gasteiger partial charge in [0, 0.05) is 17.6 Å². The van der Waals surface area contributed by atoms with Gasteiger partial charge in [-0.1, -0.05) is 12.1 Å². The van der Waals surface area contributed by atoms with Crippen LogP contribution >= 0.6 is 11.8 Å². The van der Waals surface area contributed by atoms with Crippen LogP contribution in [0.15, 0.2) is 58.3 Å². The Morgan fingerprint density at radius 3 is 2.31 bits per heavy atom. The highest BCUT2D eigenvalue weighted by Crippen LogP contribution is 2.20. The van der Waals surface area contributed by atoms with Gasteiger partial charge in [0.15, 0.2) is 0 Å². The summed E-state index contributed by atoms with van der Waals surface area (Å²) in [6.45, 7) is -0.299. The molecule has 6 nitrogen and oxygen atoms in total. The van der Waals surface area contributed by atoms with E-state index in [0.29, 0.717) is 12.1 Å². The Labute approximate surface area is 157 Å². The van der Waals surface area contributed by atoms with Gasteiger partial charge in [0.2, 0.25) is 15.9 Å². The number of sulfonamides is 1. The number of carbonyl (C=O) groups is 1. The summed E-state index contributed by atoms with van der Waals surface area (Å²) in [5.41, 5.74) is 1.39. The van der Waals surface area contributed by atoms with Crippen LogP contribution in [0.25, 0.3) is 0 Å². The lowest BCUT2D eigenvalue weighted by atomic mass is 10.1. The summed E-state index contributed by atoms with van der Waals surface area (Å²) < 4.78 is 26.1. The number of anilines is 1. The molecule has 0 radical (unpaired) electrons. The molecular weight excluding hydrogens is 370 g/mol. The second-order valence-electron chi connectivity index (χ2n) is 5.52. The molecule has 0 fully saturated rings. The number of amides is 1. The van der Waals surface area contributed by atoms with E-state index in [1.54, 1.807) is 36.4 Å². The predicted molar refractivity (Wildman–Crippen MR) is 102 cm³/mol. The zero-order valence-corrected chi connectivity index (χ0v) is 16.1. The van der Waals surface area contributed by atoms with Crippen LogP contribution in [0.4, 0.5) is 5.69 Å². The minimum absolute atomic E-state index is 0.145. The minimum atomic E-state index is -3.74. The fourth-order valence-corrected chi connectivity index (χ4v) is 3.75. The molecule has 8 heteroatoms. The standard InChI is InChI=1S/C18H19N3O3S2/c1-21(26(23,24)17-9-7-16(25-2)8-10-17)13-18(22)20-15-5-3-14(4-6-15)11-12-19/h3-10H,11,13H2,1-2H3,(H,20,22). The van der Waals surface area contributed by atoms with Gasteiger partial charge in [-0.15, -0.1) is 11.8 Å². The molecule has 0 saturated carbocycles. The smallest absolute Gasteiger partial charge is 0.243 e. The van der Waals surface area contributed by atoms with Crippen LogP contribution in [0.5, 0.6) is 0 Å². The quantitative estimate of drug-likeness (QED) is 0.736. The summed E-state index contributed by atoms with van der Waals surface area (Å²) >= 11 is 1.52. The van der Waals surface area contributed by atoms with E-state index in [-0.39, 0.29) is 11.4 Å². The molecule has 0 atom stereocenters. The number of hydrogen-bond donors (Lipinski definition) is 1. The fourth-order valence-electron chi connectivity index (χ4n) is 2.21. The normalized spacial score (nSPS) is 11.2. The Morgan fingerprint density at radius 1 is 1.15 bits per heavy atom. The molecule has 26 heavy (non-hydrogen) atoms. The second kappa shape index (κ2) is 8.85. The van der Waals surface area contributed by atoms with Crippen molar-refractivity contribution in [3.05, 3.63) is 54.1 Å². The lowest BCUT2D eigenvalue weighted by Crippen LogP contribution is -2.34. The van der Waals surface area contributed by atoms with Crippen molar-refractivity contribution in [2.24, 2.45) is 0 Å². The van der Waals surface area contributed by atoms with Crippen molar-refractivity contribution in [2.45, 2.75) is 16.2 Å². The number of carbonyl (C=O) groups excluding carboxylic acids is 1. The third-order valence-corrected chi connectivity index (χ3v) is 6.22. The summed E-state index contributed by atoms with van der Waals surface area (Å²) in [6.07, 6.45) is 2.21. The van der Waals surface area contributed by atoms with Gasteiger partial charge in [-0.3, -0.25) is 4.79 Å². The highest BCUT2D eigenvalue weighted by Gasteiger charge is 2.22. The molecular formula is C18H19N3O3S2. The average molecular weight is 390 g/mol. The Kier molecular flexibility index (Phi) is 6.80. The number of thioether (sulfide) groups is 1. The van der Waals surface area contributed by atoms with Gasteiger partial charge in [0.05, 0.1) is 23.9 Å². The van der Waals surface area contributed by atoms with Gasteiger partial charge in [-0.2, -0.15) is 9.57 Å². The molecule has 0 heterocycles. The van der Waals surface area contributed by atoms with Gasteiger partial charge >= 0.3 is 0 Å². The van der Waals surface area contributed by atoms with E-state index in [0.717, 1.165) is 14.8 Å². The molecule has 136 valence electrons. The molecule has 0 aliphatic heterocycles. The molecule has 0 aliphatic rings. The highest BCUT2D eigenvalue weighted by atomic mass is 32.2. The summed E-state index contributed by atoms with van der Waals surface area (Å²) in [4.78, 5) is 13.2. The van der Waals surface area contributed by atoms with Crippen molar-refractivity contribution in [2.75, 3.05) is 25.2 Å². The van der Waals surface area contributed by atoms with Crippen LogP contribution in [-0.4, -0.2) is 38.5 Å². The predicted octanol–water partition coefficient (Wildman–Crippen LogP) is 2.73. The van der Waals surface area contributed by atoms with Crippen LogP contribution in [0.2, 0.25) is 0 Å². The van der Waals surface area contributed by atoms with Crippen molar-refractivity contribution < 1.29 is 13.2 Å². The molecule has 0 aromatic heterocycles. The van der Waals surface area contributed by atoms with Crippen LogP contribution in [0.1, 0.15) is 5.56 Å². The number of hydrogen-bond acceptors (Lipinski definition) is 5. The Morgan fingerprint density at radius 2 is 1.77 bits per heavy atom. The Bertz CT molecular complexity index is 902.